The zero-order chi connectivity index (χ0) is 24.5. The Morgan fingerprint density at radius 2 is 1.59 bits per heavy atom. The molecule has 0 aliphatic rings. The first kappa shape index (κ1) is 24.9. The van der Waals surface area contributed by atoms with Crippen LogP contribution in [-0.4, -0.2) is 34.2 Å². The van der Waals surface area contributed by atoms with E-state index >= 15 is 0 Å². The van der Waals surface area contributed by atoms with Crippen molar-refractivity contribution in [2.45, 2.75) is 32.4 Å². The monoisotopic (exact) mass is 479 g/mol. The summed E-state index contributed by atoms with van der Waals surface area (Å²) in [5.74, 6) is -0.698. The van der Waals surface area contributed by atoms with Gasteiger partial charge in [-0.25, -0.2) is 0 Å². The van der Waals surface area contributed by atoms with Gasteiger partial charge in [-0.05, 0) is 24.1 Å². The number of nitrogens with one attached hydrogen (secondary N) is 1. The SMILES string of the molecule is CCNC(=O)C(Cc1ccccc1)N(Cc1ccccc1Cl)C(=O)Cc1ccccc1[N+](=O)[O-]. The highest BCUT2D eigenvalue weighted by atomic mass is 35.5. The van der Waals surface area contributed by atoms with Crippen LogP contribution in [0.3, 0.4) is 0 Å². The van der Waals surface area contributed by atoms with Crippen molar-refractivity contribution < 1.29 is 14.5 Å². The molecule has 3 rings (SSSR count). The van der Waals surface area contributed by atoms with Crippen LogP contribution in [0.5, 0.6) is 0 Å². The maximum Gasteiger partial charge on any atom is 0.273 e. The average molecular weight is 480 g/mol. The number of rotatable bonds is 10. The smallest absolute Gasteiger partial charge is 0.273 e. The molecule has 176 valence electrons. The van der Waals surface area contributed by atoms with Crippen molar-refractivity contribution in [2.75, 3.05) is 6.54 Å². The van der Waals surface area contributed by atoms with Gasteiger partial charge in [0.1, 0.15) is 6.04 Å². The molecule has 0 radical (unpaired) electrons. The summed E-state index contributed by atoms with van der Waals surface area (Å²) in [6.07, 6.45) is 0.0754. The second-order valence-electron chi connectivity index (χ2n) is 7.78. The number of hydrogen-bond donors (Lipinski definition) is 1. The largest absolute Gasteiger partial charge is 0.355 e. The Labute approximate surface area is 203 Å². The van der Waals surface area contributed by atoms with Gasteiger partial charge in [0, 0.05) is 36.2 Å². The zero-order valence-corrected chi connectivity index (χ0v) is 19.6. The molecule has 0 aromatic heterocycles. The van der Waals surface area contributed by atoms with Crippen molar-refractivity contribution in [3.63, 3.8) is 0 Å². The Balaban J connectivity index is 2.01. The lowest BCUT2D eigenvalue weighted by molar-refractivity contribution is -0.385. The maximum absolute atomic E-state index is 13.6. The van der Waals surface area contributed by atoms with Gasteiger partial charge >= 0.3 is 0 Å². The molecule has 0 aliphatic carbocycles. The van der Waals surface area contributed by atoms with Crippen LogP contribution in [0.15, 0.2) is 78.9 Å². The van der Waals surface area contributed by atoms with Crippen LogP contribution in [0.4, 0.5) is 5.69 Å². The van der Waals surface area contributed by atoms with Crippen LogP contribution in [0, 0.1) is 10.1 Å². The number of benzene rings is 3. The summed E-state index contributed by atoms with van der Waals surface area (Å²) in [6.45, 7) is 2.31. The Bertz CT molecular complexity index is 1150. The third-order valence-electron chi connectivity index (χ3n) is 5.45. The lowest BCUT2D eigenvalue weighted by Gasteiger charge is -2.31. The third-order valence-corrected chi connectivity index (χ3v) is 5.82. The highest BCUT2D eigenvalue weighted by Crippen LogP contribution is 2.23. The predicted octanol–water partition coefficient (Wildman–Crippen LogP) is 4.57. The van der Waals surface area contributed by atoms with E-state index in [2.05, 4.69) is 5.32 Å². The number of nitro benzene ring substituents is 1. The van der Waals surface area contributed by atoms with Gasteiger partial charge in [-0.1, -0.05) is 78.3 Å². The fourth-order valence-corrected chi connectivity index (χ4v) is 3.95. The van der Waals surface area contributed by atoms with Crippen LogP contribution >= 0.6 is 11.6 Å². The summed E-state index contributed by atoms with van der Waals surface area (Å²) in [6, 6.07) is 21.8. The fraction of sp³-hybridized carbons (Fsp3) is 0.231. The minimum absolute atomic E-state index is 0.0910. The topological polar surface area (TPSA) is 92.6 Å². The Hall–Kier alpha value is -3.71. The van der Waals surface area contributed by atoms with Gasteiger partial charge in [0.15, 0.2) is 0 Å². The molecular formula is C26H26ClN3O4. The summed E-state index contributed by atoms with van der Waals surface area (Å²) in [4.78, 5) is 39.2. The summed E-state index contributed by atoms with van der Waals surface area (Å²) in [5.41, 5.74) is 1.73. The second kappa shape index (κ2) is 12.0. The molecule has 3 aromatic carbocycles. The van der Waals surface area contributed by atoms with Gasteiger partial charge in [-0.15, -0.1) is 0 Å². The first-order chi connectivity index (χ1) is 16.4. The van der Waals surface area contributed by atoms with E-state index in [1.165, 1.54) is 11.0 Å². The molecule has 3 aromatic rings. The first-order valence-corrected chi connectivity index (χ1v) is 11.3. The zero-order valence-electron chi connectivity index (χ0n) is 18.8. The third kappa shape index (κ3) is 6.42. The van der Waals surface area contributed by atoms with Crippen LogP contribution < -0.4 is 5.32 Å². The molecule has 1 atom stereocenters. The van der Waals surface area contributed by atoms with E-state index in [4.69, 9.17) is 11.6 Å². The molecule has 0 bridgehead atoms. The molecule has 0 saturated heterocycles. The molecule has 2 amide bonds. The molecule has 7 nitrogen and oxygen atoms in total. The molecule has 1 N–H and O–H groups in total. The van der Waals surface area contributed by atoms with Crippen LogP contribution in [0.25, 0.3) is 0 Å². The standard InChI is InChI=1S/C26H26ClN3O4/c1-2-28-26(32)24(16-19-10-4-3-5-11-19)29(18-21-13-6-8-14-22(21)27)25(31)17-20-12-7-9-15-23(20)30(33)34/h3-15,24H,2,16-18H2,1H3,(H,28,32). The minimum atomic E-state index is -0.825. The lowest BCUT2D eigenvalue weighted by atomic mass is 10.0. The second-order valence-corrected chi connectivity index (χ2v) is 8.18. The number of halogens is 1. The number of amides is 2. The molecule has 8 heteroatoms. The molecule has 0 spiro atoms. The van der Waals surface area contributed by atoms with Crippen molar-refractivity contribution in [3.05, 3.63) is 111 Å². The normalized spacial score (nSPS) is 11.5. The average Bonchev–Trinajstić information content (AvgIpc) is 2.83. The number of hydrogen-bond acceptors (Lipinski definition) is 4. The molecule has 0 saturated carbocycles. The summed E-state index contributed by atoms with van der Waals surface area (Å²) in [5, 5.41) is 14.8. The van der Waals surface area contributed by atoms with E-state index in [1.807, 2.05) is 43.3 Å². The van der Waals surface area contributed by atoms with Crippen molar-refractivity contribution in [1.82, 2.24) is 10.2 Å². The van der Waals surface area contributed by atoms with Crippen molar-refractivity contribution in [1.29, 1.82) is 0 Å². The lowest BCUT2D eigenvalue weighted by Crippen LogP contribution is -2.51. The molecule has 0 heterocycles. The van der Waals surface area contributed by atoms with Gasteiger partial charge in [0.25, 0.3) is 5.69 Å². The number of likely N-dealkylation sites (N-methyl/N-ethyl adjacent to an activating group) is 1. The van der Waals surface area contributed by atoms with Crippen LogP contribution in [-0.2, 0) is 29.0 Å². The van der Waals surface area contributed by atoms with E-state index in [0.717, 1.165) is 5.56 Å². The summed E-state index contributed by atoms with van der Waals surface area (Å²) < 4.78 is 0. The van der Waals surface area contributed by atoms with Crippen LogP contribution in [0.2, 0.25) is 5.02 Å². The van der Waals surface area contributed by atoms with Gasteiger partial charge in [-0.2, -0.15) is 0 Å². The number of carbonyl (C=O) groups is 2. The predicted molar refractivity (Wildman–Crippen MR) is 131 cm³/mol. The van der Waals surface area contributed by atoms with Gasteiger partial charge in [-0.3, -0.25) is 19.7 Å². The van der Waals surface area contributed by atoms with Gasteiger partial charge in [0.2, 0.25) is 11.8 Å². The molecule has 1 unspecified atom stereocenters. The molecule has 34 heavy (non-hydrogen) atoms. The fourth-order valence-electron chi connectivity index (χ4n) is 3.76. The van der Waals surface area contributed by atoms with Crippen LogP contribution in [0.1, 0.15) is 23.6 Å². The van der Waals surface area contributed by atoms with Crippen molar-refractivity contribution in [3.8, 4) is 0 Å². The maximum atomic E-state index is 13.6. The minimum Gasteiger partial charge on any atom is -0.355 e. The first-order valence-electron chi connectivity index (χ1n) is 11.0. The molecular weight excluding hydrogens is 454 g/mol. The van der Waals surface area contributed by atoms with E-state index < -0.39 is 16.9 Å². The van der Waals surface area contributed by atoms with Gasteiger partial charge in [0.05, 0.1) is 11.3 Å². The number of nitro groups is 1. The van der Waals surface area contributed by atoms with Crippen molar-refractivity contribution >= 4 is 29.1 Å². The molecule has 0 fully saturated rings. The Kier molecular flexibility index (Phi) is 8.76. The summed E-state index contributed by atoms with van der Waals surface area (Å²) >= 11 is 6.38. The van der Waals surface area contributed by atoms with Crippen molar-refractivity contribution in [2.24, 2.45) is 0 Å². The van der Waals surface area contributed by atoms with E-state index in [9.17, 15) is 19.7 Å². The van der Waals surface area contributed by atoms with E-state index in [1.54, 1.807) is 36.4 Å². The quantitative estimate of drug-likeness (QED) is 0.340. The number of nitrogens with zero attached hydrogens (tertiary/aromatic N) is 2. The summed E-state index contributed by atoms with van der Waals surface area (Å²) in [7, 11) is 0. The van der Waals surface area contributed by atoms with E-state index in [0.29, 0.717) is 23.6 Å². The Morgan fingerprint density at radius 3 is 2.24 bits per heavy atom. The number of carbonyl (C=O) groups excluding carboxylic acids is 2. The Morgan fingerprint density at radius 1 is 0.971 bits per heavy atom. The molecule has 0 aliphatic heterocycles. The van der Waals surface area contributed by atoms with E-state index in [-0.39, 0.29) is 30.1 Å². The van der Waals surface area contributed by atoms with Gasteiger partial charge < -0.3 is 10.2 Å². The highest BCUT2D eigenvalue weighted by molar-refractivity contribution is 6.31. The number of para-hydroxylation sites is 1. The highest BCUT2D eigenvalue weighted by Gasteiger charge is 2.31.